The Bertz CT molecular complexity index is 565. The number of fused-ring (bicyclic) bond motifs is 1. The zero-order chi connectivity index (χ0) is 16.7. The van der Waals surface area contributed by atoms with Crippen molar-refractivity contribution in [3.63, 3.8) is 0 Å². The van der Waals surface area contributed by atoms with Gasteiger partial charge in [-0.05, 0) is 65.4 Å². The van der Waals surface area contributed by atoms with Crippen LogP contribution < -0.4 is 0 Å². The van der Waals surface area contributed by atoms with E-state index in [1.165, 1.54) is 37.7 Å². The molecule has 0 aromatic heterocycles. The third kappa shape index (κ3) is 2.79. The molecule has 0 radical (unpaired) electrons. The number of rotatable bonds is 4. The molecule has 0 saturated heterocycles. The largest absolute Gasteiger partial charge is 0.0798 e. The van der Waals surface area contributed by atoms with Gasteiger partial charge in [0.25, 0.3) is 0 Å². The van der Waals surface area contributed by atoms with Crippen molar-refractivity contribution < 1.29 is 0 Å². The predicted molar refractivity (Wildman–Crippen MR) is 101 cm³/mol. The summed E-state index contributed by atoms with van der Waals surface area (Å²) < 4.78 is 0. The average Bonchev–Trinajstić information content (AvgIpc) is 2.86. The van der Waals surface area contributed by atoms with E-state index in [2.05, 4.69) is 71.0 Å². The summed E-state index contributed by atoms with van der Waals surface area (Å²) in [6, 6.07) is 11.1. The minimum Gasteiger partial charge on any atom is -0.0798 e. The van der Waals surface area contributed by atoms with Gasteiger partial charge in [-0.2, -0.15) is 0 Å². The molecule has 0 N–H and O–H groups in total. The van der Waals surface area contributed by atoms with Crippen molar-refractivity contribution in [3.05, 3.63) is 42.0 Å². The highest BCUT2D eigenvalue weighted by Gasteiger charge is 2.51. The standard InChI is InChI=1S/C23H34/c1-6-15-22(3,4)19-14-16-23(5)20(17(19)2)12-13-21(23)18-10-8-7-9-11-18/h7-11,13,17,19-20H,6,12,14-16H2,1-5H3. The highest BCUT2D eigenvalue weighted by Crippen LogP contribution is 2.61. The van der Waals surface area contributed by atoms with E-state index in [1.54, 1.807) is 5.57 Å². The summed E-state index contributed by atoms with van der Waals surface area (Å²) in [6.07, 6.45) is 9.27. The lowest BCUT2D eigenvalue weighted by atomic mass is 9.53. The minimum absolute atomic E-state index is 0.388. The Balaban J connectivity index is 1.85. The van der Waals surface area contributed by atoms with Gasteiger partial charge in [-0.1, -0.05) is 77.4 Å². The topological polar surface area (TPSA) is 0 Å². The van der Waals surface area contributed by atoms with Crippen LogP contribution in [0.5, 0.6) is 0 Å². The molecule has 1 fully saturated rings. The lowest BCUT2D eigenvalue weighted by Gasteiger charge is -2.51. The third-order valence-electron chi connectivity index (χ3n) is 7.24. The smallest absolute Gasteiger partial charge is 0.00386 e. The molecule has 0 nitrogen and oxygen atoms in total. The van der Waals surface area contributed by atoms with Crippen molar-refractivity contribution in [1.82, 2.24) is 0 Å². The maximum absolute atomic E-state index is 2.56. The highest BCUT2D eigenvalue weighted by atomic mass is 14.6. The number of benzene rings is 1. The van der Waals surface area contributed by atoms with Crippen molar-refractivity contribution in [3.8, 4) is 0 Å². The number of hydrogen-bond acceptors (Lipinski definition) is 0. The van der Waals surface area contributed by atoms with Crippen molar-refractivity contribution >= 4 is 5.57 Å². The van der Waals surface area contributed by atoms with E-state index >= 15 is 0 Å². The van der Waals surface area contributed by atoms with Gasteiger partial charge in [0.2, 0.25) is 0 Å². The van der Waals surface area contributed by atoms with Gasteiger partial charge in [0.1, 0.15) is 0 Å². The fourth-order valence-electron chi connectivity index (χ4n) is 6.05. The van der Waals surface area contributed by atoms with E-state index in [9.17, 15) is 0 Å². The molecule has 0 heterocycles. The van der Waals surface area contributed by atoms with Gasteiger partial charge in [-0.15, -0.1) is 0 Å². The van der Waals surface area contributed by atoms with Crippen LogP contribution in [0.3, 0.4) is 0 Å². The monoisotopic (exact) mass is 310 g/mol. The molecule has 1 aromatic rings. The second-order valence-corrected chi connectivity index (χ2v) is 8.99. The van der Waals surface area contributed by atoms with E-state index in [0.717, 1.165) is 17.8 Å². The Labute approximate surface area is 143 Å². The summed E-state index contributed by atoms with van der Waals surface area (Å²) in [5.74, 6) is 2.53. The van der Waals surface area contributed by atoms with Crippen molar-refractivity contribution in [2.45, 2.75) is 66.7 Å². The summed E-state index contributed by atoms with van der Waals surface area (Å²) in [4.78, 5) is 0. The summed E-state index contributed by atoms with van der Waals surface area (Å²) >= 11 is 0. The molecular weight excluding hydrogens is 276 g/mol. The zero-order valence-corrected chi connectivity index (χ0v) is 15.7. The quantitative estimate of drug-likeness (QED) is 0.563. The van der Waals surface area contributed by atoms with Gasteiger partial charge >= 0.3 is 0 Å². The first-order valence-corrected chi connectivity index (χ1v) is 9.66. The van der Waals surface area contributed by atoms with Crippen molar-refractivity contribution in [1.29, 1.82) is 0 Å². The molecule has 126 valence electrons. The van der Waals surface area contributed by atoms with Gasteiger partial charge in [0.05, 0.1) is 0 Å². The van der Waals surface area contributed by atoms with Crippen LogP contribution in [0.1, 0.15) is 72.3 Å². The van der Waals surface area contributed by atoms with Crippen LogP contribution in [0, 0.1) is 28.6 Å². The molecule has 1 saturated carbocycles. The van der Waals surface area contributed by atoms with E-state index in [-0.39, 0.29) is 0 Å². The first-order chi connectivity index (χ1) is 10.9. The van der Waals surface area contributed by atoms with Crippen LogP contribution in [0.15, 0.2) is 36.4 Å². The Morgan fingerprint density at radius 1 is 1.17 bits per heavy atom. The molecule has 0 aliphatic heterocycles. The Hall–Kier alpha value is -1.04. The van der Waals surface area contributed by atoms with E-state index < -0.39 is 0 Å². The van der Waals surface area contributed by atoms with Crippen LogP contribution >= 0.6 is 0 Å². The minimum atomic E-state index is 0.388. The number of hydrogen-bond donors (Lipinski definition) is 0. The average molecular weight is 311 g/mol. The predicted octanol–water partition coefficient (Wildman–Crippen LogP) is 6.97. The van der Waals surface area contributed by atoms with Gasteiger partial charge < -0.3 is 0 Å². The summed E-state index contributed by atoms with van der Waals surface area (Å²) in [5.41, 5.74) is 3.96. The second kappa shape index (κ2) is 6.11. The molecule has 3 rings (SSSR count). The molecule has 2 aliphatic carbocycles. The van der Waals surface area contributed by atoms with Crippen LogP contribution in [-0.2, 0) is 0 Å². The summed E-state index contributed by atoms with van der Waals surface area (Å²) in [7, 11) is 0. The number of allylic oxidation sites excluding steroid dienone is 2. The molecule has 0 spiro atoms. The molecule has 0 heteroatoms. The molecule has 0 bridgehead atoms. The van der Waals surface area contributed by atoms with Gasteiger partial charge in [0.15, 0.2) is 0 Å². The molecule has 4 atom stereocenters. The van der Waals surface area contributed by atoms with E-state index in [4.69, 9.17) is 0 Å². The fourth-order valence-corrected chi connectivity index (χ4v) is 6.05. The summed E-state index contributed by atoms with van der Waals surface area (Å²) in [5, 5.41) is 0. The normalized spacial score (nSPS) is 34.1. The van der Waals surface area contributed by atoms with Crippen molar-refractivity contribution in [2.75, 3.05) is 0 Å². The maximum Gasteiger partial charge on any atom is -0.00386 e. The molecule has 2 aliphatic rings. The Kier molecular flexibility index (Phi) is 4.47. The first kappa shape index (κ1) is 16.8. The molecule has 4 unspecified atom stereocenters. The maximum atomic E-state index is 2.56. The van der Waals surface area contributed by atoms with E-state index in [0.29, 0.717) is 10.8 Å². The Morgan fingerprint density at radius 2 is 1.87 bits per heavy atom. The van der Waals surface area contributed by atoms with Gasteiger partial charge in [-0.25, -0.2) is 0 Å². The molecule has 23 heavy (non-hydrogen) atoms. The molecular formula is C23H34. The lowest BCUT2D eigenvalue weighted by Crippen LogP contribution is -2.43. The Morgan fingerprint density at radius 3 is 2.52 bits per heavy atom. The van der Waals surface area contributed by atoms with Crippen LogP contribution in [0.2, 0.25) is 0 Å². The highest BCUT2D eigenvalue weighted by molar-refractivity contribution is 5.72. The van der Waals surface area contributed by atoms with Crippen molar-refractivity contribution in [2.24, 2.45) is 28.6 Å². The van der Waals surface area contributed by atoms with Gasteiger partial charge in [0, 0.05) is 0 Å². The van der Waals surface area contributed by atoms with E-state index in [1.807, 2.05) is 0 Å². The van der Waals surface area contributed by atoms with Crippen LogP contribution in [-0.4, -0.2) is 0 Å². The molecule has 1 aromatic carbocycles. The van der Waals surface area contributed by atoms with Crippen LogP contribution in [0.4, 0.5) is 0 Å². The van der Waals surface area contributed by atoms with Gasteiger partial charge in [-0.3, -0.25) is 0 Å². The summed E-state index contributed by atoms with van der Waals surface area (Å²) in [6.45, 7) is 12.5. The fraction of sp³-hybridized carbons (Fsp3) is 0.652. The first-order valence-electron chi connectivity index (χ1n) is 9.66. The van der Waals surface area contributed by atoms with Crippen LogP contribution in [0.25, 0.3) is 5.57 Å². The SMILES string of the molecule is CCCC(C)(C)C1CCC2(C)C(c3ccccc3)=CCC2C1C. The zero-order valence-electron chi connectivity index (χ0n) is 15.7. The third-order valence-corrected chi connectivity index (χ3v) is 7.24. The molecule has 0 amide bonds. The lowest BCUT2D eigenvalue weighted by molar-refractivity contribution is 0.00629. The second-order valence-electron chi connectivity index (χ2n) is 8.99.